The zero-order valence-electron chi connectivity index (χ0n) is 11.7. The molecule has 4 rings (SSSR count). The van der Waals surface area contributed by atoms with Crippen LogP contribution in [0, 0.1) is 11.6 Å². The first kappa shape index (κ1) is 15.4. The highest BCUT2D eigenvalue weighted by molar-refractivity contribution is 7.19. The van der Waals surface area contributed by atoms with Gasteiger partial charge in [0.2, 0.25) is 4.96 Å². The van der Waals surface area contributed by atoms with Crippen LogP contribution < -0.4 is 0 Å². The summed E-state index contributed by atoms with van der Waals surface area (Å²) in [6, 6.07) is 8.44. The van der Waals surface area contributed by atoms with E-state index in [1.165, 1.54) is 40.1 Å². The van der Waals surface area contributed by atoms with Crippen molar-refractivity contribution >= 4 is 39.5 Å². The number of hydrogen-bond acceptors (Lipinski definition) is 4. The van der Waals surface area contributed by atoms with Gasteiger partial charge in [-0.2, -0.15) is 9.61 Å². The molecule has 2 aromatic heterocycles. The molecule has 2 aromatic carbocycles. The lowest BCUT2D eigenvalue weighted by Gasteiger charge is -2.02. The Bertz CT molecular complexity index is 1060. The second-order valence-electron chi connectivity index (χ2n) is 4.88. The Morgan fingerprint density at radius 3 is 2.46 bits per heavy atom. The zero-order chi connectivity index (χ0) is 16.8. The summed E-state index contributed by atoms with van der Waals surface area (Å²) in [5.74, 6) is -0.636. The molecule has 9 heteroatoms. The fourth-order valence-electron chi connectivity index (χ4n) is 2.19. The number of aromatic nitrogens is 4. The predicted octanol–water partition coefficient (Wildman–Crippen LogP) is 5.10. The largest absolute Gasteiger partial charge is 0.235 e. The third-order valence-electron chi connectivity index (χ3n) is 3.33. The molecule has 0 spiro atoms. The normalized spacial score (nSPS) is 11.3. The molecule has 0 bridgehead atoms. The molecule has 4 aromatic rings. The predicted molar refractivity (Wildman–Crippen MR) is 89.5 cm³/mol. The van der Waals surface area contributed by atoms with Gasteiger partial charge in [-0.25, -0.2) is 8.78 Å². The van der Waals surface area contributed by atoms with E-state index in [9.17, 15) is 8.78 Å². The van der Waals surface area contributed by atoms with E-state index >= 15 is 0 Å². The average molecular weight is 383 g/mol. The van der Waals surface area contributed by atoms with E-state index in [0.717, 1.165) is 5.56 Å². The maximum Gasteiger partial charge on any atom is 0.235 e. The van der Waals surface area contributed by atoms with Crippen molar-refractivity contribution in [3.63, 3.8) is 0 Å². The SMILES string of the molecule is Fc1ccc(-c2nn3c(-c4cc(F)c(Cl)cc4Cl)nnc3s2)cc1. The molecule has 0 amide bonds. The highest BCUT2D eigenvalue weighted by atomic mass is 35.5. The van der Waals surface area contributed by atoms with Gasteiger partial charge in [-0.3, -0.25) is 0 Å². The lowest BCUT2D eigenvalue weighted by molar-refractivity contribution is 0.628. The second-order valence-corrected chi connectivity index (χ2v) is 6.65. The van der Waals surface area contributed by atoms with Gasteiger partial charge in [-0.15, -0.1) is 10.2 Å². The van der Waals surface area contributed by atoms with Crippen LogP contribution in [-0.2, 0) is 0 Å². The molecule has 0 saturated heterocycles. The van der Waals surface area contributed by atoms with Gasteiger partial charge in [-0.05, 0) is 36.4 Å². The Kier molecular flexibility index (Phi) is 3.71. The molecule has 120 valence electrons. The van der Waals surface area contributed by atoms with Gasteiger partial charge in [0, 0.05) is 11.1 Å². The fourth-order valence-corrected chi connectivity index (χ4v) is 3.50. The summed E-state index contributed by atoms with van der Waals surface area (Å²) >= 11 is 13.1. The third kappa shape index (κ3) is 2.54. The molecular formula is C15H6Cl2F2N4S. The van der Waals surface area contributed by atoms with Crippen molar-refractivity contribution < 1.29 is 8.78 Å². The van der Waals surface area contributed by atoms with Crippen molar-refractivity contribution in [3.8, 4) is 22.0 Å². The topological polar surface area (TPSA) is 43.1 Å². The van der Waals surface area contributed by atoms with Crippen LogP contribution in [0.4, 0.5) is 8.78 Å². The first-order chi connectivity index (χ1) is 11.5. The molecule has 0 atom stereocenters. The summed E-state index contributed by atoms with van der Waals surface area (Å²) in [5.41, 5.74) is 1.08. The number of hydrogen-bond donors (Lipinski definition) is 0. The molecule has 24 heavy (non-hydrogen) atoms. The van der Waals surface area contributed by atoms with Crippen LogP contribution >= 0.6 is 34.5 Å². The molecule has 0 unspecified atom stereocenters. The van der Waals surface area contributed by atoms with Crippen molar-refractivity contribution in [1.82, 2.24) is 19.8 Å². The number of halogens is 4. The summed E-state index contributed by atoms with van der Waals surface area (Å²) in [6.45, 7) is 0. The minimum atomic E-state index is -0.609. The van der Waals surface area contributed by atoms with Crippen molar-refractivity contribution in [2.45, 2.75) is 0 Å². The lowest BCUT2D eigenvalue weighted by atomic mass is 10.2. The summed E-state index contributed by atoms with van der Waals surface area (Å²) in [4.78, 5) is 0.510. The molecule has 2 heterocycles. The van der Waals surface area contributed by atoms with E-state index in [0.29, 0.717) is 21.4 Å². The van der Waals surface area contributed by atoms with Gasteiger partial charge in [0.05, 0.1) is 10.0 Å². The lowest BCUT2D eigenvalue weighted by Crippen LogP contribution is -1.93. The van der Waals surface area contributed by atoms with Crippen molar-refractivity contribution in [2.24, 2.45) is 0 Å². The molecule has 0 saturated carbocycles. The van der Waals surface area contributed by atoms with Crippen LogP contribution in [0.1, 0.15) is 0 Å². The van der Waals surface area contributed by atoms with Crippen LogP contribution in [0.2, 0.25) is 10.0 Å². The van der Waals surface area contributed by atoms with Crippen LogP contribution in [0.3, 0.4) is 0 Å². The molecule has 0 fully saturated rings. The number of fused-ring (bicyclic) bond motifs is 1. The highest BCUT2D eigenvalue weighted by Gasteiger charge is 2.18. The van der Waals surface area contributed by atoms with Crippen molar-refractivity contribution in [2.75, 3.05) is 0 Å². The first-order valence-corrected chi connectivity index (χ1v) is 8.23. The molecule has 0 aliphatic rings. The molecular weight excluding hydrogens is 377 g/mol. The summed E-state index contributed by atoms with van der Waals surface area (Å²) < 4.78 is 28.3. The third-order valence-corrected chi connectivity index (χ3v) is 4.88. The molecule has 0 aliphatic carbocycles. The van der Waals surface area contributed by atoms with Gasteiger partial charge in [-0.1, -0.05) is 34.5 Å². The van der Waals surface area contributed by atoms with Gasteiger partial charge < -0.3 is 0 Å². The maximum absolute atomic E-state index is 13.8. The summed E-state index contributed by atoms with van der Waals surface area (Å²) in [7, 11) is 0. The van der Waals surface area contributed by atoms with Crippen molar-refractivity contribution in [1.29, 1.82) is 0 Å². The number of rotatable bonds is 2. The average Bonchev–Trinajstić information content (AvgIpc) is 3.12. The highest BCUT2D eigenvalue weighted by Crippen LogP contribution is 2.33. The van der Waals surface area contributed by atoms with Crippen LogP contribution in [0.5, 0.6) is 0 Å². The number of benzene rings is 2. The van der Waals surface area contributed by atoms with Crippen LogP contribution in [0.25, 0.3) is 26.9 Å². The number of nitrogens with zero attached hydrogens (tertiary/aromatic N) is 4. The van der Waals surface area contributed by atoms with Crippen molar-refractivity contribution in [3.05, 3.63) is 58.1 Å². The van der Waals surface area contributed by atoms with E-state index in [4.69, 9.17) is 23.2 Å². The summed E-state index contributed by atoms with van der Waals surface area (Å²) in [5, 5.41) is 13.3. The molecule has 4 nitrogen and oxygen atoms in total. The van der Waals surface area contributed by atoms with E-state index in [-0.39, 0.29) is 15.9 Å². The quantitative estimate of drug-likeness (QED) is 0.452. The van der Waals surface area contributed by atoms with Crippen LogP contribution in [0.15, 0.2) is 36.4 Å². The minimum Gasteiger partial charge on any atom is -0.207 e. The Labute approximate surface area is 148 Å². The van der Waals surface area contributed by atoms with Gasteiger partial charge in [0.1, 0.15) is 16.6 Å². The standard InChI is InChI=1S/C15H6Cl2F2N4S/c16-10-6-11(17)12(19)5-9(10)13-20-21-15-23(13)22-14(24-15)7-1-3-8(18)4-2-7/h1-6H. The second kappa shape index (κ2) is 5.77. The Balaban J connectivity index is 1.86. The van der Waals surface area contributed by atoms with Gasteiger partial charge in [0.25, 0.3) is 0 Å². The Morgan fingerprint density at radius 1 is 0.958 bits per heavy atom. The van der Waals surface area contributed by atoms with Crippen LogP contribution in [-0.4, -0.2) is 19.8 Å². The first-order valence-electron chi connectivity index (χ1n) is 6.66. The fraction of sp³-hybridized carbons (Fsp3) is 0. The van der Waals surface area contributed by atoms with E-state index < -0.39 is 5.82 Å². The Hall–Kier alpha value is -2.09. The van der Waals surface area contributed by atoms with E-state index in [1.54, 1.807) is 12.1 Å². The Morgan fingerprint density at radius 2 is 1.71 bits per heavy atom. The maximum atomic E-state index is 13.8. The monoisotopic (exact) mass is 382 g/mol. The zero-order valence-corrected chi connectivity index (χ0v) is 14.0. The van der Waals surface area contributed by atoms with Gasteiger partial charge in [0.15, 0.2) is 5.82 Å². The summed E-state index contributed by atoms with van der Waals surface area (Å²) in [6.07, 6.45) is 0. The molecule has 0 aliphatic heterocycles. The molecule has 0 N–H and O–H groups in total. The van der Waals surface area contributed by atoms with E-state index in [1.807, 2.05) is 0 Å². The van der Waals surface area contributed by atoms with E-state index in [2.05, 4.69) is 15.3 Å². The minimum absolute atomic E-state index is 0.0743. The molecule has 0 radical (unpaired) electrons. The van der Waals surface area contributed by atoms with Gasteiger partial charge >= 0.3 is 0 Å². The smallest absolute Gasteiger partial charge is 0.207 e.